The van der Waals surface area contributed by atoms with Gasteiger partial charge in [-0.15, -0.1) is 6.58 Å². The zero-order chi connectivity index (χ0) is 10.2. The van der Waals surface area contributed by atoms with Gasteiger partial charge in [-0.1, -0.05) is 6.08 Å². The Balaban J connectivity index is 2.01. The molecule has 2 aliphatic rings. The van der Waals surface area contributed by atoms with Crippen LogP contribution in [0.25, 0.3) is 0 Å². The molecular formula is C11H18O3. The average Bonchev–Trinajstić information content (AvgIpc) is 2.60. The van der Waals surface area contributed by atoms with E-state index >= 15 is 0 Å². The normalized spacial score (nSPS) is 47.4. The van der Waals surface area contributed by atoms with E-state index in [2.05, 4.69) is 6.58 Å². The van der Waals surface area contributed by atoms with Crippen molar-refractivity contribution in [2.24, 2.45) is 0 Å². The zero-order valence-electron chi connectivity index (χ0n) is 8.61. The molecule has 2 rings (SSSR count). The minimum atomic E-state index is -0.494. The van der Waals surface area contributed by atoms with E-state index in [-0.39, 0.29) is 12.2 Å². The number of aliphatic hydroxyl groups excluding tert-OH is 1. The molecular weight excluding hydrogens is 180 g/mol. The summed E-state index contributed by atoms with van der Waals surface area (Å²) in [5, 5.41) is 9.78. The Morgan fingerprint density at radius 2 is 2.36 bits per heavy atom. The Morgan fingerprint density at radius 3 is 2.93 bits per heavy atom. The molecule has 80 valence electrons. The van der Waals surface area contributed by atoms with E-state index in [4.69, 9.17) is 9.47 Å². The molecule has 0 bridgehead atoms. The highest BCUT2D eigenvalue weighted by Gasteiger charge is 2.49. The minimum absolute atomic E-state index is 0.127. The Labute approximate surface area is 84.7 Å². The lowest BCUT2D eigenvalue weighted by atomic mass is 10.0. The summed E-state index contributed by atoms with van der Waals surface area (Å²) in [4.78, 5) is 0. The third kappa shape index (κ3) is 1.72. The molecule has 1 spiro atoms. The van der Waals surface area contributed by atoms with Crippen LogP contribution in [0.4, 0.5) is 0 Å². The topological polar surface area (TPSA) is 38.7 Å². The first-order chi connectivity index (χ1) is 6.65. The fourth-order valence-corrected chi connectivity index (χ4v) is 2.37. The van der Waals surface area contributed by atoms with Gasteiger partial charge in [-0.3, -0.25) is 0 Å². The van der Waals surface area contributed by atoms with E-state index in [1.165, 1.54) is 0 Å². The van der Waals surface area contributed by atoms with Crippen LogP contribution in [0.3, 0.4) is 0 Å². The van der Waals surface area contributed by atoms with Crippen molar-refractivity contribution in [3.63, 3.8) is 0 Å². The average molecular weight is 198 g/mol. The van der Waals surface area contributed by atoms with E-state index in [0.717, 1.165) is 12.8 Å². The summed E-state index contributed by atoms with van der Waals surface area (Å²) in [6, 6.07) is 0. The van der Waals surface area contributed by atoms with Gasteiger partial charge in [-0.05, 0) is 19.8 Å². The molecule has 2 heterocycles. The zero-order valence-corrected chi connectivity index (χ0v) is 8.61. The standard InChI is InChI=1S/C11H18O3/c1-3-4-10-9(12)7-11(14-10)6-5-8(2)13-11/h3,8-10,12H,1,4-7H2,2H3/t8-,9+,10+,11-/m1/s1. The van der Waals surface area contributed by atoms with Crippen LogP contribution in [0, 0.1) is 0 Å². The predicted octanol–water partition coefficient (Wildman–Crippen LogP) is 1.61. The Bertz CT molecular complexity index is 229. The predicted molar refractivity (Wildman–Crippen MR) is 52.8 cm³/mol. The van der Waals surface area contributed by atoms with Crippen LogP contribution in [-0.4, -0.2) is 29.2 Å². The highest BCUT2D eigenvalue weighted by atomic mass is 16.7. The minimum Gasteiger partial charge on any atom is -0.390 e. The van der Waals surface area contributed by atoms with Gasteiger partial charge in [0.25, 0.3) is 0 Å². The molecule has 0 aliphatic carbocycles. The summed E-state index contributed by atoms with van der Waals surface area (Å²) in [5.41, 5.74) is 0. The van der Waals surface area contributed by atoms with Gasteiger partial charge in [0.15, 0.2) is 5.79 Å². The van der Waals surface area contributed by atoms with Crippen molar-refractivity contribution in [1.29, 1.82) is 0 Å². The molecule has 0 aromatic rings. The molecule has 0 amide bonds. The summed E-state index contributed by atoms with van der Waals surface area (Å²) in [7, 11) is 0. The van der Waals surface area contributed by atoms with Gasteiger partial charge in [0.05, 0.1) is 18.3 Å². The number of ether oxygens (including phenoxy) is 2. The molecule has 0 unspecified atom stereocenters. The Hall–Kier alpha value is -0.380. The molecule has 2 saturated heterocycles. The molecule has 0 aromatic carbocycles. The fourth-order valence-electron chi connectivity index (χ4n) is 2.37. The lowest BCUT2D eigenvalue weighted by Crippen LogP contribution is -2.28. The second kappa shape index (κ2) is 3.65. The van der Waals surface area contributed by atoms with E-state index in [9.17, 15) is 5.11 Å². The number of aliphatic hydroxyl groups is 1. The molecule has 2 aliphatic heterocycles. The van der Waals surface area contributed by atoms with Crippen molar-refractivity contribution in [1.82, 2.24) is 0 Å². The van der Waals surface area contributed by atoms with Gasteiger partial charge < -0.3 is 14.6 Å². The van der Waals surface area contributed by atoms with Crippen LogP contribution in [0.1, 0.15) is 32.6 Å². The van der Waals surface area contributed by atoms with Crippen LogP contribution in [0.2, 0.25) is 0 Å². The monoisotopic (exact) mass is 198 g/mol. The van der Waals surface area contributed by atoms with Crippen LogP contribution in [0.5, 0.6) is 0 Å². The van der Waals surface area contributed by atoms with Gasteiger partial charge in [0, 0.05) is 12.8 Å². The van der Waals surface area contributed by atoms with Crippen molar-refractivity contribution < 1.29 is 14.6 Å². The van der Waals surface area contributed by atoms with E-state index < -0.39 is 11.9 Å². The Morgan fingerprint density at radius 1 is 1.57 bits per heavy atom. The highest BCUT2D eigenvalue weighted by Crippen LogP contribution is 2.42. The van der Waals surface area contributed by atoms with Gasteiger partial charge in [-0.2, -0.15) is 0 Å². The smallest absolute Gasteiger partial charge is 0.171 e. The third-order valence-corrected chi connectivity index (χ3v) is 3.06. The van der Waals surface area contributed by atoms with Crippen LogP contribution in [-0.2, 0) is 9.47 Å². The maximum absolute atomic E-state index is 9.78. The van der Waals surface area contributed by atoms with Crippen molar-refractivity contribution >= 4 is 0 Å². The van der Waals surface area contributed by atoms with Gasteiger partial charge in [0.1, 0.15) is 0 Å². The number of hydrogen-bond acceptors (Lipinski definition) is 3. The largest absolute Gasteiger partial charge is 0.390 e. The molecule has 1 N–H and O–H groups in total. The lowest BCUT2D eigenvalue weighted by Gasteiger charge is -2.23. The summed E-state index contributed by atoms with van der Waals surface area (Å²) < 4.78 is 11.5. The summed E-state index contributed by atoms with van der Waals surface area (Å²) >= 11 is 0. The van der Waals surface area contributed by atoms with Crippen LogP contribution >= 0.6 is 0 Å². The molecule has 0 saturated carbocycles. The van der Waals surface area contributed by atoms with Gasteiger partial charge in [0.2, 0.25) is 0 Å². The molecule has 0 aromatic heterocycles. The van der Waals surface area contributed by atoms with Crippen LogP contribution in [0.15, 0.2) is 12.7 Å². The van der Waals surface area contributed by atoms with Gasteiger partial charge in [-0.25, -0.2) is 0 Å². The maximum Gasteiger partial charge on any atom is 0.171 e. The van der Waals surface area contributed by atoms with Crippen molar-refractivity contribution in [2.45, 2.75) is 56.7 Å². The lowest BCUT2D eigenvalue weighted by molar-refractivity contribution is -0.213. The summed E-state index contributed by atoms with van der Waals surface area (Å²) in [6.07, 6.45) is 4.73. The fraction of sp³-hybridized carbons (Fsp3) is 0.818. The van der Waals surface area contributed by atoms with Crippen molar-refractivity contribution in [2.75, 3.05) is 0 Å². The van der Waals surface area contributed by atoms with Crippen molar-refractivity contribution in [3.8, 4) is 0 Å². The van der Waals surface area contributed by atoms with Gasteiger partial charge >= 0.3 is 0 Å². The SMILES string of the molecule is C=CC[C@@H]1O[C@]2(CC[C@@H](C)O2)C[C@@H]1O. The van der Waals surface area contributed by atoms with Crippen LogP contribution < -0.4 is 0 Å². The van der Waals surface area contributed by atoms with E-state index in [0.29, 0.717) is 12.8 Å². The van der Waals surface area contributed by atoms with E-state index in [1.54, 1.807) is 6.08 Å². The molecule has 4 atom stereocenters. The van der Waals surface area contributed by atoms with E-state index in [1.807, 2.05) is 6.92 Å². The molecule has 3 nitrogen and oxygen atoms in total. The first-order valence-corrected chi connectivity index (χ1v) is 5.30. The third-order valence-electron chi connectivity index (χ3n) is 3.06. The summed E-state index contributed by atoms with van der Waals surface area (Å²) in [6.45, 7) is 5.70. The summed E-state index contributed by atoms with van der Waals surface area (Å²) in [5.74, 6) is -0.494. The first kappa shape index (κ1) is 10.1. The second-order valence-corrected chi connectivity index (χ2v) is 4.33. The molecule has 3 heteroatoms. The molecule has 14 heavy (non-hydrogen) atoms. The second-order valence-electron chi connectivity index (χ2n) is 4.33. The quantitative estimate of drug-likeness (QED) is 0.685. The van der Waals surface area contributed by atoms with Crippen molar-refractivity contribution in [3.05, 3.63) is 12.7 Å². The molecule has 2 fully saturated rings. The number of hydrogen-bond donors (Lipinski definition) is 1. The number of rotatable bonds is 2. The molecule has 0 radical (unpaired) electrons. The highest BCUT2D eigenvalue weighted by molar-refractivity contribution is 4.94. The maximum atomic E-state index is 9.78. The first-order valence-electron chi connectivity index (χ1n) is 5.30. The Kier molecular flexibility index (Phi) is 2.64.